The van der Waals surface area contributed by atoms with Crippen molar-refractivity contribution < 1.29 is 26.3 Å². The molecule has 0 saturated heterocycles. The summed E-state index contributed by atoms with van der Waals surface area (Å²) in [4.78, 5) is -1.75. The Morgan fingerprint density at radius 1 is 0.688 bits per heavy atom. The summed E-state index contributed by atoms with van der Waals surface area (Å²) < 4.78 is 73.4. The number of alkyl halides is 6. The van der Waals surface area contributed by atoms with Crippen LogP contribution in [-0.2, 0) is 12.4 Å². The summed E-state index contributed by atoms with van der Waals surface area (Å²) in [5.41, 5.74) is 0. The summed E-state index contributed by atoms with van der Waals surface area (Å²) in [5.74, 6) is 0. The monoisotopic (exact) mass is 276 g/mol. The highest BCUT2D eigenvalue weighted by Crippen LogP contribution is 2.44. The number of halogens is 6. The zero-order valence-corrected chi connectivity index (χ0v) is 8.87. The molecule has 0 aliphatic carbocycles. The molecule has 8 heteroatoms. The van der Waals surface area contributed by atoms with Crippen LogP contribution in [0.1, 0.15) is 9.75 Å². The van der Waals surface area contributed by atoms with E-state index in [9.17, 15) is 26.3 Å². The number of fused-ring (bicyclic) bond motifs is 1. The Bertz CT molecular complexity index is 440. The minimum atomic E-state index is -4.50. The predicted molar refractivity (Wildman–Crippen MR) is 49.7 cm³/mol. The fourth-order valence-electron chi connectivity index (χ4n) is 1.12. The largest absolute Gasteiger partial charge is 0.425 e. The van der Waals surface area contributed by atoms with Gasteiger partial charge >= 0.3 is 12.4 Å². The van der Waals surface area contributed by atoms with Crippen molar-refractivity contribution in [1.82, 2.24) is 0 Å². The molecule has 0 nitrogen and oxygen atoms in total. The summed E-state index contributed by atoms with van der Waals surface area (Å²) in [5, 5.41) is 0. The van der Waals surface area contributed by atoms with Crippen LogP contribution in [0, 0.1) is 0 Å². The van der Waals surface area contributed by atoms with Gasteiger partial charge in [0.25, 0.3) is 0 Å². The van der Waals surface area contributed by atoms with Crippen LogP contribution in [0.15, 0.2) is 12.1 Å². The zero-order valence-electron chi connectivity index (χ0n) is 7.24. The maximum absolute atomic E-state index is 12.2. The van der Waals surface area contributed by atoms with Crippen LogP contribution in [0.25, 0.3) is 9.40 Å². The van der Waals surface area contributed by atoms with E-state index in [2.05, 4.69) is 0 Å². The van der Waals surface area contributed by atoms with Crippen molar-refractivity contribution in [1.29, 1.82) is 0 Å². The van der Waals surface area contributed by atoms with Crippen molar-refractivity contribution in [2.24, 2.45) is 0 Å². The molecule has 0 saturated carbocycles. The van der Waals surface area contributed by atoms with Crippen LogP contribution in [-0.4, -0.2) is 0 Å². The predicted octanol–water partition coefficient (Wildman–Crippen LogP) is 5.00. The third-order valence-electron chi connectivity index (χ3n) is 1.77. The SMILES string of the molecule is FC(F)(F)c1cc2sc(C(F)(F)F)cc2s1. The van der Waals surface area contributed by atoms with Gasteiger partial charge in [-0.3, -0.25) is 0 Å². The highest BCUT2D eigenvalue weighted by molar-refractivity contribution is 7.27. The minimum absolute atomic E-state index is 0.0182. The summed E-state index contributed by atoms with van der Waals surface area (Å²) in [7, 11) is 0. The zero-order chi connectivity index (χ0) is 12.1. The molecule has 2 rings (SSSR count). The second kappa shape index (κ2) is 3.36. The molecule has 0 spiro atoms. The van der Waals surface area contributed by atoms with E-state index in [0.29, 0.717) is 22.7 Å². The van der Waals surface area contributed by atoms with Crippen LogP contribution in [0.2, 0.25) is 0 Å². The second-order valence-corrected chi connectivity index (χ2v) is 5.11. The molecule has 0 aliphatic heterocycles. The van der Waals surface area contributed by atoms with Crippen molar-refractivity contribution in [3.63, 3.8) is 0 Å². The van der Waals surface area contributed by atoms with Gasteiger partial charge in [-0.1, -0.05) is 0 Å². The Kier molecular flexibility index (Phi) is 2.46. The molecule has 88 valence electrons. The molecule has 0 amide bonds. The Hall–Kier alpha value is -0.760. The molecule has 2 heterocycles. The first-order chi connectivity index (χ1) is 7.18. The van der Waals surface area contributed by atoms with E-state index in [1.54, 1.807) is 0 Å². The average molecular weight is 276 g/mol. The number of hydrogen-bond donors (Lipinski definition) is 0. The van der Waals surface area contributed by atoms with Gasteiger partial charge in [0.2, 0.25) is 0 Å². The molecule has 0 aromatic carbocycles. The molecule has 2 aromatic rings. The molecule has 0 fully saturated rings. The lowest BCUT2D eigenvalue weighted by Crippen LogP contribution is -2.01. The van der Waals surface area contributed by atoms with Crippen molar-refractivity contribution in [3.05, 3.63) is 21.9 Å². The number of hydrogen-bond acceptors (Lipinski definition) is 2. The Morgan fingerprint density at radius 3 is 1.25 bits per heavy atom. The first-order valence-corrected chi connectivity index (χ1v) is 5.49. The molecule has 0 atom stereocenters. The number of thiophene rings is 2. The van der Waals surface area contributed by atoms with Crippen LogP contribution < -0.4 is 0 Å². The third-order valence-corrected chi connectivity index (χ3v) is 4.15. The normalized spacial score (nSPS) is 13.6. The van der Waals surface area contributed by atoms with E-state index >= 15 is 0 Å². The summed E-state index contributed by atoms with van der Waals surface area (Å²) >= 11 is 0.653. The molecular weight excluding hydrogens is 274 g/mol. The molecule has 2 aromatic heterocycles. The maximum Gasteiger partial charge on any atom is 0.425 e. The van der Waals surface area contributed by atoms with Crippen LogP contribution in [0.5, 0.6) is 0 Å². The molecule has 0 unspecified atom stereocenters. The lowest BCUT2D eigenvalue weighted by Gasteiger charge is -2.01. The third kappa shape index (κ3) is 2.03. The lowest BCUT2D eigenvalue weighted by atomic mass is 10.4. The van der Waals surface area contributed by atoms with Crippen LogP contribution in [0.3, 0.4) is 0 Å². The van der Waals surface area contributed by atoms with E-state index in [1.165, 1.54) is 0 Å². The quantitative estimate of drug-likeness (QED) is 0.594. The van der Waals surface area contributed by atoms with Gasteiger partial charge in [0.15, 0.2) is 0 Å². The van der Waals surface area contributed by atoms with Gasteiger partial charge in [-0.25, -0.2) is 0 Å². The van der Waals surface area contributed by atoms with E-state index < -0.39 is 22.1 Å². The van der Waals surface area contributed by atoms with Crippen molar-refractivity contribution >= 4 is 32.1 Å². The first kappa shape index (κ1) is 11.7. The second-order valence-electron chi connectivity index (χ2n) is 2.95. The van der Waals surface area contributed by atoms with Gasteiger partial charge in [0, 0.05) is 9.40 Å². The smallest absolute Gasteiger partial charge is 0.165 e. The van der Waals surface area contributed by atoms with E-state index in [1.807, 2.05) is 0 Å². The maximum atomic E-state index is 12.2. The lowest BCUT2D eigenvalue weighted by molar-refractivity contribution is -0.134. The van der Waals surface area contributed by atoms with Crippen LogP contribution in [0.4, 0.5) is 26.3 Å². The fourth-order valence-corrected chi connectivity index (χ4v) is 3.25. The van der Waals surface area contributed by atoms with Crippen molar-refractivity contribution in [2.45, 2.75) is 12.4 Å². The first-order valence-electron chi connectivity index (χ1n) is 3.86. The minimum Gasteiger partial charge on any atom is -0.165 e. The van der Waals surface area contributed by atoms with Gasteiger partial charge in [0.05, 0.1) is 0 Å². The molecular formula is C8H2F6S2. The summed E-state index contributed by atoms with van der Waals surface area (Å²) in [6, 6.07) is 1.50. The highest BCUT2D eigenvalue weighted by atomic mass is 32.1. The molecule has 0 bridgehead atoms. The van der Waals surface area contributed by atoms with Gasteiger partial charge in [0.1, 0.15) is 9.75 Å². The molecule has 16 heavy (non-hydrogen) atoms. The topological polar surface area (TPSA) is 0 Å². The van der Waals surface area contributed by atoms with Gasteiger partial charge in [-0.15, -0.1) is 22.7 Å². The summed E-state index contributed by atoms with van der Waals surface area (Å²) in [6.45, 7) is 0. The Balaban J connectivity index is 2.49. The van der Waals surface area contributed by atoms with Gasteiger partial charge in [-0.2, -0.15) is 26.3 Å². The van der Waals surface area contributed by atoms with Crippen LogP contribution >= 0.6 is 22.7 Å². The van der Waals surface area contributed by atoms with E-state index in [0.717, 1.165) is 12.1 Å². The molecule has 0 N–H and O–H groups in total. The fraction of sp³-hybridized carbons (Fsp3) is 0.250. The highest BCUT2D eigenvalue weighted by Gasteiger charge is 2.36. The van der Waals surface area contributed by atoms with Gasteiger partial charge < -0.3 is 0 Å². The Labute approximate surface area is 93.1 Å². The van der Waals surface area contributed by atoms with Gasteiger partial charge in [-0.05, 0) is 12.1 Å². The Morgan fingerprint density at radius 2 is 1.00 bits per heavy atom. The molecule has 0 aliphatic rings. The van der Waals surface area contributed by atoms with Crippen molar-refractivity contribution in [2.75, 3.05) is 0 Å². The number of rotatable bonds is 0. The average Bonchev–Trinajstić information content (AvgIpc) is 2.53. The van der Waals surface area contributed by atoms with Crippen molar-refractivity contribution in [3.8, 4) is 0 Å². The standard InChI is InChI=1S/C8H2F6S2/c9-7(10,11)5-1-3-4(16-5)2-6(15-3)8(12,13)14/h1-2H. The summed E-state index contributed by atoms with van der Waals surface area (Å²) in [6.07, 6.45) is -9.00. The van der Waals surface area contributed by atoms with E-state index in [-0.39, 0.29) is 9.40 Å². The van der Waals surface area contributed by atoms with E-state index in [4.69, 9.17) is 0 Å². The molecule has 0 radical (unpaired) electrons.